The van der Waals surface area contributed by atoms with E-state index in [-0.39, 0.29) is 24.1 Å². The van der Waals surface area contributed by atoms with Gasteiger partial charge in [0.2, 0.25) is 0 Å². The van der Waals surface area contributed by atoms with Crippen molar-refractivity contribution < 1.29 is 14.6 Å². The number of piperidine rings is 1. The van der Waals surface area contributed by atoms with Crippen molar-refractivity contribution in [1.82, 2.24) is 10.2 Å². The minimum atomic E-state index is -0.345. The Kier molecular flexibility index (Phi) is 8.48. The van der Waals surface area contributed by atoms with Crippen LogP contribution in [0, 0.1) is 11.3 Å². The van der Waals surface area contributed by atoms with E-state index in [4.69, 9.17) is 15.1 Å². The molecule has 1 amide bonds. The van der Waals surface area contributed by atoms with Crippen molar-refractivity contribution in [3.8, 4) is 6.07 Å². The van der Waals surface area contributed by atoms with Gasteiger partial charge in [-0.25, -0.2) is 0 Å². The molecule has 1 aliphatic heterocycles. The fourth-order valence-corrected chi connectivity index (χ4v) is 2.47. The van der Waals surface area contributed by atoms with Crippen molar-refractivity contribution in [2.45, 2.75) is 38.1 Å². The zero-order valence-corrected chi connectivity index (χ0v) is 12.7. The third kappa shape index (κ3) is 6.15. The summed E-state index contributed by atoms with van der Waals surface area (Å²) in [5, 5.41) is 21.0. The average Bonchev–Trinajstić information content (AvgIpc) is 2.50. The molecule has 0 aromatic carbocycles. The largest absolute Gasteiger partial charge is 0.396 e. The van der Waals surface area contributed by atoms with Crippen LogP contribution in [0.4, 0.5) is 0 Å². The van der Waals surface area contributed by atoms with Crippen LogP contribution in [0.1, 0.15) is 32.1 Å². The summed E-state index contributed by atoms with van der Waals surface area (Å²) >= 11 is 0. The van der Waals surface area contributed by atoms with E-state index in [9.17, 15) is 4.79 Å². The molecule has 0 aliphatic carbocycles. The van der Waals surface area contributed by atoms with Crippen molar-refractivity contribution in [3.05, 3.63) is 11.8 Å². The highest BCUT2D eigenvalue weighted by atomic mass is 16.5. The van der Waals surface area contributed by atoms with Crippen molar-refractivity contribution in [1.29, 1.82) is 5.26 Å². The summed E-state index contributed by atoms with van der Waals surface area (Å²) in [5.41, 5.74) is 0.122. The molecule has 6 heteroatoms. The number of aliphatic hydroxyl groups excluding tert-OH is 1. The molecule has 0 radical (unpaired) electrons. The van der Waals surface area contributed by atoms with E-state index in [1.807, 2.05) is 11.0 Å². The van der Waals surface area contributed by atoms with Gasteiger partial charge in [-0.1, -0.05) is 0 Å². The van der Waals surface area contributed by atoms with Gasteiger partial charge in [-0.3, -0.25) is 4.79 Å². The van der Waals surface area contributed by atoms with Crippen LogP contribution >= 0.6 is 0 Å². The molecule has 0 bridgehead atoms. The number of nitrogens with one attached hydrogen (secondary N) is 1. The lowest BCUT2D eigenvalue weighted by atomic mass is 10.00. The normalized spacial score (nSPS) is 19.2. The molecule has 6 nitrogen and oxygen atoms in total. The van der Waals surface area contributed by atoms with Crippen LogP contribution in [0.2, 0.25) is 0 Å². The maximum atomic E-state index is 12.0. The SMILES string of the molecule is COCCCNC(=O)/C(C#N)=C\N1CCCCC1CCO. The van der Waals surface area contributed by atoms with Crippen molar-refractivity contribution >= 4 is 5.91 Å². The van der Waals surface area contributed by atoms with E-state index in [2.05, 4.69) is 5.32 Å². The summed E-state index contributed by atoms with van der Waals surface area (Å²) in [6.07, 6.45) is 6.20. The van der Waals surface area contributed by atoms with Crippen LogP contribution in [0.5, 0.6) is 0 Å². The number of carbonyl (C=O) groups is 1. The molecule has 0 aromatic heterocycles. The van der Waals surface area contributed by atoms with Crippen molar-refractivity contribution in [2.24, 2.45) is 0 Å². The number of aliphatic hydroxyl groups is 1. The highest BCUT2D eigenvalue weighted by molar-refractivity contribution is 5.97. The fraction of sp³-hybridized carbons (Fsp3) is 0.733. The summed E-state index contributed by atoms with van der Waals surface area (Å²) in [6, 6.07) is 2.18. The molecule has 1 unspecified atom stereocenters. The van der Waals surface area contributed by atoms with Gasteiger partial charge in [0.15, 0.2) is 0 Å². The second-order valence-corrected chi connectivity index (χ2v) is 5.16. The maximum absolute atomic E-state index is 12.0. The number of carbonyl (C=O) groups excluding carboxylic acids is 1. The number of rotatable bonds is 8. The van der Waals surface area contributed by atoms with Gasteiger partial charge in [-0.15, -0.1) is 0 Å². The third-order valence-electron chi connectivity index (χ3n) is 3.61. The Balaban J connectivity index is 2.59. The number of ether oxygens (including phenoxy) is 1. The first-order chi connectivity index (χ1) is 10.2. The van der Waals surface area contributed by atoms with E-state index in [0.717, 1.165) is 32.2 Å². The molecule has 1 atom stereocenters. The van der Waals surface area contributed by atoms with Gasteiger partial charge in [0.05, 0.1) is 0 Å². The zero-order valence-electron chi connectivity index (χ0n) is 12.7. The number of nitriles is 1. The van der Waals surface area contributed by atoms with Gasteiger partial charge in [-0.2, -0.15) is 5.26 Å². The third-order valence-corrected chi connectivity index (χ3v) is 3.61. The monoisotopic (exact) mass is 295 g/mol. The minimum Gasteiger partial charge on any atom is -0.396 e. The van der Waals surface area contributed by atoms with Gasteiger partial charge < -0.3 is 20.1 Å². The lowest BCUT2D eigenvalue weighted by Gasteiger charge is -2.34. The summed E-state index contributed by atoms with van der Waals surface area (Å²) < 4.78 is 4.91. The van der Waals surface area contributed by atoms with E-state index < -0.39 is 0 Å². The molecule has 0 aromatic rings. The fourth-order valence-electron chi connectivity index (χ4n) is 2.47. The van der Waals surface area contributed by atoms with Crippen LogP contribution in [-0.4, -0.2) is 55.4 Å². The first kappa shape index (κ1) is 17.5. The highest BCUT2D eigenvalue weighted by Gasteiger charge is 2.21. The lowest BCUT2D eigenvalue weighted by molar-refractivity contribution is -0.117. The molecule has 118 valence electrons. The Bertz CT molecular complexity index is 388. The van der Waals surface area contributed by atoms with Crippen molar-refractivity contribution in [2.75, 3.05) is 33.4 Å². The zero-order chi connectivity index (χ0) is 15.5. The predicted molar refractivity (Wildman–Crippen MR) is 79.2 cm³/mol. The maximum Gasteiger partial charge on any atom is 0.263 e. The van der Waals surface area contributed by atoms with Crippen LogP contribution in [-0.2, 0) is 9.53 Å². The number of hydrogen-bond acceptors (Lipinski definition) is 5. The first-order valence-corrected chi connectivity index (χ1v) is 7.48. The summed E-state index contributed by atoms with van der Waals surface area (Å²) in [5.74, 6) is -0.345. The quantitative estimate of drug-likeness (QED) is 0.393. The molecule has 1 saturated heterocycles. The van der Waals surface area contributed by atoms with Gasteiger partial charge in [-0.05, 0) is 32.1 Å². The number of likely N-dealkylation sites (tertiary alicyclic amines) is 1. The molecular formula is C15H25N3O3. The van der Waals surface area contributed by atoms with Gasteiger partial charge in [0.25, 0.3) is 5.91 Å². The van der Waals surface area contributed by atoms with Gasteiger partial charge >= 0.3 is 0 Å². The molecule has 1 heterocycles. The summed E-state index contributed by atoms with van der Waals surface area (Å²) in [7, 11) is 1.61. The Morgan fingerprint density at radius 1 is 1.57 bits per heavy atom. The summed E-state index contributed by atoms with van der Waals surface area (Å²) in [4.78, 5) is 14.0. The number of amides is 1. The molecule has 1 rings (SSSR count). The minimum absolute atomic E-state index is 0.122. The van der Waals surface area contributed by atoms with E-state index >= 15 is 0 Å². The van der Waals surface area contributed by atoms with Crippen LogP contribution < -0.4 is 5.32 Å². The van der Waals surface area contributed by atoms with Gasteiger partial charge in [0, 0.05) is 45.7 Å². The average molecular weight is 295 g/mol. The molecule has 0 spiro atoms. The molecule has 21 heavy (non-hydrogen) atoms. The Morgan fingerprint density at radius 3 is 3.05 bits per heavy atom. The second-order valence-electron chi connectivity index (χ2n) is 5.16. The van der Waals surface area contributed by atoms with E-state index in [1.165, 1.54) is 0 Å². The molecule has 2 N–H and O–H groups in total. The Morgan fingerprint density at radius 2 is 2.38 bits per heavy atom. The van der Waals surface area contributed by atoms with E-state index in [0.29, 0.717) is 19.6 Å². The summed E-state index contributed by atoms with van der Waals surface area (Å²) in [6.45, 7) is 2.02. The lowest BCUT2D eigenvalue weighted by Crippen LogP contribution is -2.37. The second kappa shape index (κ2) is 10.2. The van der Waals surface area contributed by atoms with Crippen LogP contribution in [0.3, 0.4) is 0 Å². The molecular weight excluding hydrogens is 270 g/mol. The van der Waals surface area contributed by atoms with Crippen molar-refractivity contribution in [3.63, 3.8) is 0 Å². The van der Waals surface area contributed by atoms with E-state index in [1.54, 1.807) is 13.3 Å². The number of hydrogen-bond donors (Lipinski definition) is 2. The van der Waals surface area contributed by atoms with Crippen LogP contribution in [0.25, 0.3) is 0 Å². The smallest absolute Gasteiger partial charge is 0.263 e. The first-order valence-electron chi connectivity index (χ1n) is 7.48. The molecule has 0 saturated carbocycles. The number of methoxy groups -OCH3 is 1. The topological polar surface area (TPSA) is 85.6 Å². The number of nitrogens with zero attached hydrogens (tertiary/aromatic N) is 2. The predicted octanol–water partition coefficient (Wildman–Crippen LogP) is 0.783. The van der Waals surface area contributed by atoms with Gasteiger partial charge in [0.1, 0.15) is 11.6 Å². The Labute approximate surface area is 126 Å². The van der Waals surface area contributed by atoms with Crippen LogP contribution in [0.15, 0.2) is 11.8 Å². The molecule has 1 aliphatic rings. The molecule has 1 fully saturated rings. The highest BCUT2D eigenvalue weighted by Crippen LogP contribution is 2.20. The standard InChI is InChI=1S/C15H25N3O3/c1-21-10-4-7-17-15(20)13(11-16)12-18-8-3-2-5-14(18)6-9-19/h12,14,19H,2-10H2,1H3,(H,17,20)/b13-12-. The Hall–Kier alpha value is -1.58.